The van der Waals surface area contributed by atoms with Crippen molar-refractivity contribution in [3.63, 3.8) is 0 Å². The molecule has 94 valence electrons. The fourth-order valence-corrected chi connectivity index (χ4v) is 1.18. The molecule has 0 spiro atoms. The van der Waals surface area contributed by atoms with Gasteiger partial charge in [-0.2, -0.15) is 13.2 Å². The number of aldehydes is 1. The maximum absolute atomic E-state index is 12.2. The van der Waals surface area contributed by atoms with Gasteiger partial charge in [0.2, 0.25) is 0 Å². The van der Waals surface area contributed by atoms with E-state index in [4.69, 9.17) is 0 Å². The summed E-state index contributed by atoms with van der Waals surface area (Å²) in [6.45, 7) is 0. The molecule has 1 aromatic rings. The van der Waals surface area contributed by atoms with Crippen molar-refractivity contribution in [1.29, 1.82) is 0 Å². The zero-order valence-corrected chi connectivity index (χ0v) is 8.25. The van der Waals surface area contributed by atoms with E-state index in [-0.39, 0.29) is 31.6 Å². The van der Waals surface area contributed by atoms with Crippen LogP contribution in [0.4, 0.5) is 13.2 Å². The molecule has 0 aliphatic heterocycles. The first-order chi connectivity index (χ1) is 7.45. The number of Topliss-reactive ketones (excluding diaryl/α,β-unsaturated/α-hetero) is 1. The van der Waals surface area contributed by atoms with Gasteiger partial charge in [-0.05, 0) is 12.1 Å². The van der Waals surface area contributed by atoms with E-state index in [1.807, 2.05) is 0 Å². The fraction of sp³-hybridized carbons (Fsp3) is 0.333. The van der Waals surface area contributed by atoms with Crippen LogP contribution in [-0.4, -0.2) is 12.1 Å². The third-order valence-corrected chi connectivity index (χ3v) is 2.02. The van der Waals surface area contributed by atoms with Crippen LogP contribution in [-0.2, 0) is 11.0 Å². The van der Waals surface area contributed by atoms with Crippen LogP contribution >= 0.6 is 0 Å². The van der Waals surface area contributed by atoms with Crippen LogP contribution in [0.3, 0.4) is 0 Å². The van der Waals surface area contributed by atoms with Gasteiger partial charge >= 0.3 is 6.18 Å². The Morgan fingerprint density at radius 3 is 2.12 bits per heavy atom. The summed E-state index contributed by atoms with van der Waals surface area (Å²) in [4.78, 5) is 21.3. The van der Waals surface area contributed by atoms with Crippen LogP contribution in [0.5, 0.6) is 0 Å². The van der Waals surface area contributed by atoms with Crippen molar-refractivity contribution < 1.29 is 22.8 Å². The molecule has 0 aromatic heterocycles. The molecule has 0 saturated carbocycles. The van der Waals surface area contributed by atoms with Gasteiger partial charge in [0.05, 0.1) is 5.56 Å². The highest BCUT2D eigenvalue weighted by atomic mass is 19.4. The topological polar surface area (TPSA) is 34.1 Å². The normalized spacial score (nSPS) is 10.5. The predicted molar refractivity (Wildman–Crippen MR) is 57.8 cm³/mol. The average molecular weight is 246 g/mol. The Balaban J connectivity index is 0.00000256. The van der Waals surface area contributed by atoms with E-state index in [9.17, 15) is 22.8 Å². The van der Waals surface area contributed by atoms with Crippen LogP contribution in [0.2, 0.25) is 0 Å². The molecule has 1 aromatic carbocycles. The molecule has 0 fully saturated rings. The molecule has 0 unspecified atom stereocenters. The third kappa shape index (κ3) is 4.38. The maximum atomic E-state index is 12.2. The van der Waals surface area contributed by atoms with E-state index in [0.29, 0.717) is 6.29 Å². The first-order valence-electron chi connectivity index (χ1n) is 4.59. The van der Waals surface area contributed by atoms with Crippen molar-refractivity contribution >= 4 is 12.1 Å². The van der Waals surface area contributed by atoms with E-state index in [1.165, 1.54) is 0 Å². The van der Waals surface area contributed by atoms with Gasteiger partial charge in [-0.25, -0.2) is 0 Å². The largest absolute Gasteiger partial charge is 0.416 e. The van der Waals surface area contributed by atoms with Crippen molar-refractivity contribution in [2.24, 2.45) is 0 Å². The first-order valence-corrected chi connectivity index (χ1v) is 4.59. The number of hydrogen-bond acceptors (Lipinski definition) is 2. The molecule has 0 aliphatic carbocycles. The number of carbonyl (C=O) groups excluding carboxylic acids is 2. The zero-order chi connectivity index (χ0) is 12.2. The Bertz CT molecular complexity index is 380. The van der Waals surface area contributed by atoms with E-state index < -0.39 is 11.7 Å². The summed E-state index contributed by atoms with van der Waals surface area (Å²) >= 11 is 0. The summed E-state index contributed by atoms with van der Waals surface area (Å²) in [5.41, 5.74) is -0.603. The Hall–Kier alpha value is -1.65. The van der Waals surface area contributed by atoms with E-state index in [1.54, 1.807) is 0 Å². The van der Waals surface area contributed by atoms with E-state index in [2.05, 4.69) is 0 Å². The number of ketones is 1. The standard InChI is InChI=1S/C11H9F3O2.CH4/c12-11(13,14)9-5-3-8(4-6-9)10(16)2-1-7-15;/h3-7H,1-2H2;1H4. The summed E-state index contributed by atoms with van der Waals surface area (Å²) in [6.07, 6.45) is -3.69. The molecule has 1 rings (SSSR count). The Labute approximate surface area is 97.4 Å². The second kappa shape index (κ2) is 6.18. The Kier molecular flexibility index (Phi) is 5.58. The highest BCUT2D eigenvalue weighted by molar-refractivity contribution is 5.96. The lowest BCUT2D eigenvalue weighted by molar-refractivity contribution is -0.137. The minimum atomic E-state index is -4.40. The average Bonchev–Trinajstić information content (AvgIpc) is 2.25. The third-order valence-electron chi connectivity index (χ3n) is 2.02. The highest BCUT2D eigenvalue weighted by Crippen LogP contribution is 2.29. The molecule has 0 N–H and O–H groups in total. The minimum Gasteiger partial charge on any atom is -0.303 e. The second-order valence-electron chi connectivity index (χ2n) is 3.20. The molecular weight excluding hydrogens is 233 g/mol. The summed E-state index contributed by atoms with van der Waals surface area (Å²) in [5.74, 6) is -0.333. The van der Waals surface area contributed by atoms with Crippen LogP contribution in [0.1, 0.15) is 36.2 Å². The van der Waals surface area contributed by atoms with Gasteiger partial charge in [0.25, 0.3) is 0 Å². The Morgan fingerprint density at radius 2 is 1.71 bits per heavy atom. The highest BCUT2D eigenvalue weighted by Gasteiger charge is 2.30. The van der Waals surface area contributed by atoms with Gasteiger partial charge in [-0.3, -0.25) is 4.79 Å². The zero-order valence-electron chi connectivity index (χ0n) is 8.25. The molecule has 0 saturated heterocycles. The number of halogens is 3. The van der Waals surface area contributed by atoms with Gasteiger partial charge in [0, 0.05) is 18.4 Å². The van der Waals surface area contributed by atoms with E-state index in [0.717, 1.165) is 24.3 Å². The van der Waals surface area contributed by atoms with Crippen molar-refractivity contribution in [3.8, 4) is 0 Å². The van der Waals surface area contributed by atoms with Gasteiger partial charge in [-0.1, -0.05) is 19.6 Å². The second-order valence-corrected chi connectivity index (χ2v) is 3.20. The number of benzene rings is 1. The monoisotopic (exact) mass is 246 g/mol. The van der Waals surface area contributed by atoms with Gasteiger partial charge in [0.1, 0.15) is 6.29 Å². The summed E-state index contributed by atoms with van der Waals surface area (Å²) in [6, 6.07) is 3.95. The predicted octanol–water partition coefficient (Wildman–Crippen LogP) is 3.50. The smallest absolute Gasteiger partial charge is 0.303 e. The molecule has 0 atom stereocenters. The molecular formula is C12H13F3O2. The molecule has 0 bridgehead atoms. The Morgan fingerprint density at radius 1 is 1.18 bits per heavy atom. The molecule has 0 heterocycles. The van der Waals surface area contributed by atoms with Crippen molar-refractivity contribution in [3.05, 3.63) is 35.4 Å². The summed E-state index contributed by atoms with van der Waals surface area (Å²) < 4.78 is 36.6. The number of rotatable bonds is 4. The lowest BCUT2D eigenvalue weighted by Crippen LogP contribution is -2.06. The fourth-order valence-electron chi connectivity index (χ4n) is 1.18. The van der Waals surface area contributed by atoms with E-state index >= 15 is 0 Å². The quantitative estimate of drug-likeness (QED) is 0.601. The van der Waals surface area contributed by atoms with Crippen molar-refractivity contribution in [2.45, 2.75) is 26.4 Å². The van der Waals surface area contributed by atoms with Crippen LogP contribution in [0.25, 0.3) is 0 Å². The van der Waals surface area contributed by atoms with Crippen LogP contribution in [0, 0.1) is 0 Å². The maximum Gasteiger partial charge on any atom is 0.416 e. The number of carbonyl (C=O) groups is 2. The minimum absolute atomic E-state index is 0. The molecule has 0 aliphatic rings. The SMILES string of the molecule is C.O=CCCC(=O)c1ccc(C(F)(F)F)cc1. The van der Waals surface area contributed by atoms with Crippen LogP contribution in [0.15, 0.2) is 24.3 Å². The molecule has 2 nitrogen and oxygen atoms in total. The van der Waals surface area contributed by atoms with Crippen molar-refractivity contribution in [1.82, 2.24) is 0 Å². The molecule has 0 radical (unpaired) electrons. The molecule has 17 heavy (non-hydrogen) atoms. The number of alkyl halides is 3. The lowest BCUT2D eigenvalue weighted by Gasteiger charge is -2.06. The molecule has 5 heteroatoms. The number of hydrogen-bond donors (Lipinski definition) is 0. The van der Waals surface area contributed by atoms with Gasteiger partial charge in [-0.15, -0.1) is 0 Å². The van der Waals surface area contributed by atoms with Crippen LogP contribution < -0.4 is 0 Å². The summed E-state index contributed by atoms with van der Waals surface area (Å²) in [7, 11) is 0. The van der Waals surface area contributed by atoms with Gasteiger partial charge < -0.3 is 4.79 Å². The van der Waals surface area contributed by atoms with Crippen molar-refractivity contribution in [2.75, 3.05) is 0 Å². The first kappa shape index (κ1) is 15.3. The summed E-state index contributed by atoms with van der Waals surface area (Å²) in [5, 5.41) is 0. The van der Waals surface area contributed by atoms with Gasteiger partial charge in [0.15, 0.2) is 5.78 Å². The lowest BCUT2D eigenvalue weighted by atomic mass is 10.0. The molecule has 0 amide bonds.